The first-order chi connectivity index (χ1) is 6.24. The first kappa shape index (κ1) is 11.9. The Morgan fingerprint density at radius 2 is 1.77 bits per heavy atom. The average molecular weight is 177 g/mol. The summed E-state index contributed by atoms with van der Waals surface area (Å²) in [5.74, 6) is 0. The zero-order valence-electron chi connectivity index (χ0n) is 9.26. The van der Waals surface area contributed by atoms with Crippen LogP contribution in [-0.4, -0.2) is 6.21 Å². The standard InChI is InChI=1S/C10H13N.C2H6/c1-4-11-10-6-5-8(2)7-9(10)3;1-2/h4-7H,1-3H3;1-2H3. The molecule has 1 rings (SSSR count). The molecule has 1 heteroatoms. The first-order valence-corrected chi connectivity index (χ1v) is 4.80. The van der Waals surface area contributed by atoms with E-state index in [9.17, 15) is 0 Å². The number of aryl methyl sites for hydroxylation is 2. The number of benzene rings is 1. The van der Waals surface area contributed by atoms with Crippen molar-refractivity contribution in [3.63, 3.8) is 0 Å². The number of aliphatic imine (C=N–C) groups is 1. The molecule has 0 aromatic heterocycles. The van der Waals surface area contributed by atoms with E-state index >= 15 is 0 Å². The van der Waals surface area contributed by atoms with Crippen molar-refractivity contribution in [2.75, 3.05) is 0 Å². The summed E-state index contributed by atoms with van der Waals surface area (Å²) in [6, 6.07) is 6.27. The lowest BCUT2D eigenvalue weighted by atomic mass is 10.1. The highest BCUT2D eigenvalue weighted by Crippen LogP contribution is 2.18. The molecule has 0 aliphatic carbocycles. The summed E-state index contributed by atoms with van der Waals surface area (Å²) in [7, 11) is 0. The van der Waals surface area contributed by atoms with Crippen LogP contribution in [0.3, 0.4) is 0 Å². The fourth-order valence-electron chi connectivity index (χ4n) is 1.09. The third-order valence-electron chi connectivity index (χ3n) is 1.62. The minimum absolute atomic E-state index is 1.07. The molecule has 13 heavy (non-hydrogen) atoms. The fourth-order valence-corrected chi connectivity index (χ4v) is 1.09. The zero-order chi connectivity index (χ0) is 10.3. The highest BCUT2D eigenvalue weighted by molar-refractivity contribution is 5.62. The highest BCUT2D eigenvalue weighted by atomic mass is 14.7. The van der Waals surface area contributed by atoms with E-state index in [0.717, 1.165) is 5.69 Å². The molecule has 0 saturated carbocycles. The largest absolute Gasteiger partial charge is 0.261 e. The maximum Gasteiger partial charge on any atom is 0.0654 e. The minimum atomic E-state index is 1.07. The van der Waals surface area contributed by atoms with Crippen LogP contribution in [-0.2, 0) is 0 Å². The van der Waals surface area contributed by atoms with Gasteiger partial charge in [0.25, 0.3) is 0 Å². The molecule has 0 aliphatic rings. The molecular formula is C12H19N. The van der Waals surface area contributed by atoms with E-state index in [4.69, 9.17) is 0 Å². The Kier molecular flexibility index (Phi) is 5.86. The van der Waals surface area contributed by atoms with Crippen molar-refractivity contribution < 1.29 is 0 Å². The van der Waals surface area contributed by atoms with Crippen LogP contribution in [0.5, 0.6) is 0 Å². The molecular weight excluding hydrogens is 158 g/mol. The van der Waals surface area contributed by atoms with E-state index in [1.54, 1.807) is 0 Å². The molecule has 0 N–H and O–H groups in total. The Morgan fingerprint density at radius 1 is 1.15 bits per heavy atom. The van der Waals surface area contributed by atoms with Crippen molar-refractivity contribution in [1.82, 2.24) is 0 Å². The Labute approximate surface area is 81.5 Å². The van der Waals surface area contributed by atoms with Crippen molar-refractivity contribution in [3.05, 3.63) is 29.3 Å². The third kappa shape index (κ3) is 3.88. The molecule has 72 valence electrons. The number of nitrogens with zero attached hydrogens (tertiary/aromatic N) is 1. The van der Waals surface area contributed by atoms with Crippen molar-refractivity contribution in [2.45, 2.75) is 34.6 Å². The van der Waals surface area contributed by atoms with Gasteiger partial charge in [0, 0.05) is 6.21 Å². The number of hydrogen-bond donors (Lipinski definition) is 0. The first-order valence-electron chi connectivity index (χ1n) is 4.80. The highest BCUT2D eigenvalue weighted by Gasteiger charge is 1.93. The normalized spacial score (nSPS) is 9.62. The van der Waals surface area contributed by atoms with E-state index in [1.165, 1.54) is 11.1 Å². The predicted octanol–water partition coefficient (Wildman–Crippen LogP) is 4.05. The Balaban J connectivity index is 0.000000671. The van der Waals surface area contributed by atoms with Gasteiger partial charge in [-0.25, -0.2) is 0 Å². The lowest BCUT2D eigenvalue weighted by molar-refractivity contribution is 1.35. The number of rotatable bonds is 1. The molecule has 0 aliphatic heterocycles. The predicted molar refractivity (Wildman–Crippen MR) is 61.1 cm³/mol. The van der Waals surface area contributed by atoms with Gasteiger partial charge in [0.2, 0.25) is 0 Å². The summed E-state index contributed by atoms with van der Waals surface area (Å²) in [4.78, 5) is 4.22. The summed E-state index contributed by atoms with van der Waals surface area (Å²) < 4.78 is 0. The Morgan fingerprint density at radius 3 is 2.23 bits per heavy atom. The van der Waals surface area contributed by atoms with Gasteiger partial charge in [0.05, 0.1) is 5.69 Å². The molecule has 0 fully saturated rings. The van der Waals surface area contributed by atoms with Crippen molar-refractivity contribution >= 4 is 11.9 Å². The van der Waals surface area contributed by atoms with Crippen LogP contribution < -0.4 is 0 Å². The van der Waals surface area contributed by atoms with Crippen LogP contribution in [0, 0.1) is 13.8 Å². The SMILES string of the molecule is CC.CC=Nc1ccc(C)cc1C. The molecule has 0 spiro atoms. The van der Waals surface area contributed by atoms with Crippen LogP contribution in [0.1, 0.15) is 31.9 Å². The summed E-state index contributed by atoms with van der Waals surface area (Å²) in [6.07, 6.45) is 1.82. The van der Waals surface area contributed by atoms with Gasteiger partial charge in [-0.15, -0.1) is 0 Å². The lowest BCUT2D eigenvalue weighted by Gasteiger charge is -1.99. The molecule has 0 unspecified atom stereocenters. The van der Waals surface area contributed by atoms with Crippen LogP contribution >= 0.6 is 0 Å². The van der Waals surface area contributed by atoms with Crippen LogP contribution in [0.4, 0.5) is 5.69 Å². The fraction of sp³-hybridized carbons (Fsp3) is 0.417. The van der Waals surface area contributed by atoms with Gasteiger partial charge in [0.1, 0.15) is 0 Å². The summed E-state index contributed by atoms with van der Waals surface area (Å²) >= 11 is 0. The van der Waals surface area contributed by atoms with Gasteiger partial charge >= 0.3 is 0 Å². The molecule has 1 aromatic rings. The van der Waals surface area contributed by atoms with Gasteiger partial charge in [-0.05, 0) is 32.4 Å². The van der Waals surface area contributed by atoms with Gasteiger partial charge < -0.3 is 0 Å². The summed E-state index contributed by atoms with van der Waals surface area (Å²) in [6.45, 7) is 10.1. The smallest absolute Gasteiger partial charge is 0.0654 e. The Bertz CT molecular complexity index is 274. The molecule has 0 radical (unpaired) electrons. The van der Waals surface area contributed by atoms with Crippen molar-refractivity contribution in [2.24, 2.45) is 4.99 Å². The van der Waals surface area contributed by atoms with Gasteiger partial charge in [0.15, 0.2) is 0 Å². The molecule has 0 amide bonds. The van der Waals surface area contributed by atoms with E-state index in [-0.39, 0.29) is 0 Å². The van der Waals surface area contributed by atoms with E-state index in [0.29, 0.717) is 0 Å². The van der Waals surface area contributed by atoms with Crippen LogP contribution in [0.15, 0.2) is 23.2 Å². The second kappa shape index (κ2) is 6.41. The lowest BCUT2D eigenvalue weighted by Crippen LogP contribution is -1.76. The van der Waals surface area contributed by atoms with Gasteiger partial charge in [-0.3, -0.25) is 4.99 Å². The summed E-state index contributed by atoms with van der Waals surface area (Å²) in [5.41, 5.74) is 3.60. The van der Waals surface area contributed by atoms with E-state index in [1.807, 2.05) is 33.1 Å². The average Bonchev–Trinajstić information content (AvgIpc) is 2.14. The topological polar surface area (TPSA) is 12.4 Å². The van der Waals surface area contributed by atoms with Gasteiger partial charge in [-0.1, -0.05) is 31.5 Å². The van der Waals surface area contributed by atoms with Crippen LogP contribution in [0.2, 0.25) is 0 Å². The molecule has 0 saturated heterocycles. The van der Waals surface area contributed by atoms with Gasteiger partial charge in [-0.2, -0.15) is 0 Å². The number of hydrogen-bond acceptors (Lipinski definition) is 1. The zero-order valence-corrected chi connectivity index (χ0v) is 9.26. The Hall–Kier alpha value is -1.11. The second-order valence-electron chi connectivity index (χ2n) is 2.68. The second-order valence-corrected chi connectivity index (χ2v) is 2.68. The molecule has 1 nitrogen and oxygen atoms in total. The molecule has 0 heterocycles. The monoisotopic (exact) mass is 177 g/mol. The summed E-state index contributed by atoms with van der Waals surface area (Å²) in [5, 5.41) is 0. The van der Waals surface area contributed by atoms with E-state index < -0.39 is 0 Å². The third-order valence-corrected chi connectivity index (χ3v) is 1.62. The molecule has 0 atom stereocenters. The quantitative estimate of drug-likeness (QED) is 0.574. The maximum absolute atomic E-state index is 4.22. The minimum Gasteiger partial charge on any atom is -0.261 e. The van der Waals surface area contributed by atoms with Crippen molar-refractivity contribution in [3.8, 4) is 0 Å². The van der Waals surface area contributed by atoms with E-state index in [2.05, 4.69) is 31.0 Å². The molecule has 0 bridgehead atoms. The van der Waals surface area contributed by atoms with Crippen molar-refractivity contribution in [1.29, 1.82) is 0 Å². The molecule has 1 aromatic carbocycles. The maximum atomic E-state index is 4.22. The van der Waals surface area contributed by atoms with Crippen LogP contribution in [0.25, 0.3) is 0 Å².